The maximum absolute atomic E-state index is 5.98. The van der Waals surface area contributed by atoms with Gasteiger partial charge in [0.1, 0.15) is 5.75 Å². The van der Waals surface area contributed by atoms with Crippen LogP contribution in [0.25, 0.3) is 10.8 Å². The molecule has 0 amide bonds. The molecular formula is C16H19NO2. The lowest BCUT2D eigenvalue weighted by Crippen LogP contribution is -2.38. The Bertz CT molecular complexity index is 582. The Kier molecular flexibility index (Phi) is 3.40. The molecule has 0 bridgehead atoms. The first kappa shape index (κ1) is 12.5. The highest BCUT2D eigenvalue weighted by Gasteiger charge is 2.20. The van der Waals surface area contributed by atoms with Crippen molar-refractivity contribution in [1.29, 1.82) is 0 Å². The molecule has 0 spiro atoms. The Morgan fingerprint density at radius 3 is 2.68 bits per heavy atom. The zero-order valence-electron chi connectivity index (χ0n) is 11.3. The van der Waals surface area contributed by atoms with Crippen molar-refractivity contribution in [2.45, 2.75) is 19.1 Å². The maximum atomic E-state index is 5.98. The smallest absolute Gasteiger partial charge is 0.119 e. The van der Waals surface area contributed by atoms with Crippen molar-refractivity contribution in [2.75, 3.05) is 20.2 Å². The predicted molar refractivity (Wildman–Crippen MR) is 76.7 cm³/mol. The number of morpholine rings is 1. The van der Waals surface area contributed by atoms with Crippen molar-refractivity contribution in [2.24, 2.45) is 0 Å². The van der Waals surface area contributed by atoms with Crippen molar-refractivity contribution in [3.05, 3.63) is 42.0 Å². The van der Waals surface area contributed by atoms with Crippen LogP contribution in [0.4, 0.5) is 0 Å². The van der Waals surface area contributed by atoms with Gasteiger partial charge < -0.3 is 14.8 Å². The van der Waals surface area contributed by atoms with E-state index in [0.29, 0.717) is 0 Å². The molecule has 0 aromatic heterocycles. The van der Waals surface area contributed by atoms with E-state index in [0.717, 1.165) is 18.8 Å². The Balaban J connectivity index is 1.93. The van der Waals surface area contributed by atoms with Crippen LogP contribution in [0.5, 0.6) is 5.75 Å². The minimum absolute atomic E-state index is 0.148. The second kappa shape index (κ2) is 5.19. The van der Waals surface area contributed by atoms with Gasteiger partial charge in [-0.1, -0.05) is 18.2 Å². The molecular weight excluding hydrogens is 238 g/mol. The molecule has 0 aliphatic carbocycles. The second-order valence-electron chi connectivity index (χ2n) is 5.07. The summed E-state index contributed by atoms with van der Waals surface area (Å²) in [7, 11) is 1.69. The van der Waals surface area contributed by atoms with E-state index in [2.05, 4.69) is 42.6 Å². The Hall–Kier alpha value is -1.58. The number of hydrogen-bond acceptors (Lipinski definition) is 3. The average molecular weight is 257 g/mol. The molecule has 3 nitrogen and oxygen atoms in total. The van der Waals surface area contributed by atoms with Crippen LogP contribution in [-0.2, 0) is 4.74 Å². The third-order valence-corrected chi connectivity index (χ3v) is 3.60. The molecule has 1 N–H and O–H groups in total. The minimum atomic E-state index is 0.148. The van der Waals surface area contributed by atoms with Gasteiger partial charge in [-0.2, -0.15) is 0 Å². The van der Waals surface area contributed by atoms with Crippen LogP contribution >= 0.6 is 0 Å². The van der Waals surface area contributed by atoms with Crippen LogP contribution in [0.3, 0.4) is 0 Å². The van der Waals surface area contributed by atoms with Gasteiger partial charge in [0.25, 0.3) is 0 Å². The summed E-state index contributed by atoms with van der Waals surface area (Å²) in [5.41, 5.74) is 1.23. The van der Waals surface area contributed by atoms with Crippen LogP contribution in [-0.4, -0.2) is 26.3 Å². The van der Waals surface area contributed by atoms with Crippen molar-refractivity contribution >= 4 is 10.8 Å². The van der Waals surface area contributed by atoms with E-state index >= 15 is 0 Å². The average Bonchev–Trinajstić information content (AvgIpc) is 2.46. The summed E-state index contributed by atoms with van der Waals surface area (Å²) in [5, 5.41) is 5.82. The lowest BCUT2D eigenvalue weighted by atomic mass is 10.0. The van der Waals surface area contributed by atoms with Gasteiger partial charge in [-0.3, -0.25) is 0 Å². The van der Waals surface area contributed by atoms with E-state index in [1.165, 1.54) is 16.3 Å². The predicted octanol–water partition coefficient (Wildman–Crippen LogP) is 2.90. The van der Waals surface area contributed by atoms with Gasteiger partial charge in [-0.25, -0.2) is 0 Å². The van der Waals surface area contributed by atoms with Gasteiger partial charge in [0.05, 0.1) is 19.3 Å². The van der Waals surface area contributed by atoms with Gasteiger partial charge in [0.2, 0.25) is 0 Å². The van der Waals surface area contributed by atoms with Crippen LogP contribution in [0.1, 0.15) is 18.6 Å². The molecule has 19 heavy (non-hydrogen) atoms. The topological polar surface area (TPSA) is 30.5 Å². The zero-order chi connectivity index (χ0) is 13.2. The number of hydrogen-bond donors (Lipinski definition) is 1. The Morgan fingerprint density at radius 2 is 1.89 bits per heavy atom. The number of methoxy groups -OCH3 is 1. The molecule has 0 saturated carbocycles. The first-order valence-electron chi connectivity index (χ1n) is 6.70. The van der Waals surface area contributed by atoms with Crippen molar-refractivity contribution in [3.63, 3.8) is 0 Å². The summed E-state index contributed by atoms with van der Waals surface area (Å²) in [6, 6.07) is 12.6. The van der Waals surface area contributed by atoms with Crippen LogP contribution < -0.4 is 10.1 Å². The molecule has 2 aromatic rings. The van der Waals surface area contributed by atoms with Crippen LogP contribution in [0.2, 0.25) is 0 Å². The van der Waals surface area contributed by atoms with Crippen molar-refractivity contribution in [1.82, 2.24) is 5.32 Å². The van der Waals surface area contributed by atoms with Gasteiger partial charge >= 0.3 is 0 Å². The summed E-state index contributed by atoms with van der Waals surface area (Å²) in [6.07, 6.45) is 0.417. The number of ether oxygens (including phenoxy) is 2. The second-order valence-corrected chi connectivity index (χ2v) is 5.07. The fraction of sp³-hybridized carbons (Fsp3) is 0.375. The van der Waals surface area contributed by atoms with Crippen LogP contribution in [0.15, 0.2) is 36.4 Å². The van der Waals surface area contributed by atoms with E-state index in [-0.39, 0.29) is 12.2 Å². The first-order valence-corrected chi connectivity index (χ1v) is 6.70. The molecule has 3 rings (SSSR count). The molecule has 1 heterocycles. The van der Waals surface area contributed by atoms with E-state index < -0.39 is 0 Å². The molecule has 1 saturated heterocycles. The third-order valence-electron chi connectivity index (χ3n) is 3.60. The molecule has 2 unspecified atom stereocenters. The minimum Gasteiger partial charge on any atom is -0.497 e. The summed E-state index contributed by atoms with van der Waals surface area (Å²) >= 11 is 0. The summed E-state index contributed by atoms with van der Waals surface area (Å²) in [5.74, 6) is 0.893. The Morgan fingerprint density at radius 1 is 1.11 bits per heavy atom. The van der Waals surface area contributed by atoms with E-state index in [1.54, 1.807) is 7.11 Å². The highest BCUT2D eigenvalue weighted by atomic mass is 16.5. The molecule has 1 aliphatic heterocycles. The molecule has 1 aliphatic rings. The highest BCUT2D eigenvalue weighted by Crippen LogP contribution is 2.27. The number of benzene rings is 2. The summed E-state index contributed by atoms with van der Waals surface area (Å²) < 4.78 is 11.2. The van der Waals surface area contributed by atoms with Crippen LogP contribution in [0, 0.1) is 0 Å². The lowest BCUT2D eigenvalue weighted by molar-refractivity contribution is -0.0286. The fourth-order valence-electron chi connectivity index (χ4n) is 2.56. The molecule has 0 radical (unpaired) electrons. The van der Waals surface area contributed by atoms with Crippen molar-refractivity contribution in [3.8, 4) is 5.75 Å². The summed E-state index contributed by atoms with van der Waals surface area (Å²) in [4.78, 5) is 0. The monoisotopic (exact) mass is 257 g/mol. The number of fused-ring (bicyclic) bond motifs is 1. The van der Waals surface area contributed by atoms with Gasteiger partial charge in [-0.05, 0) is 41.5 Å². The third kappa shape index (κ3) is 2.57. The van der Waals surface area contributed by atoms with Gasteiger partial charge in [-0.15, -0.1) is 0 Å². The molecule has 100 valence electrons. The van der Waals surface area contributed by atoms with E-state index in [1.807, 2.05) is 6.07 Å². The normalized spacial score (nSPS) is 23.5. The maximum Gasteiger partial charge on any atom is 0.119 e. The fourth-order valence-corrected chi connectivity index (χ4v) is 2.56. The highest BCUT2D eigenvalue weighted by molar-refractivity contribution is 5.84. The molecule has 2 aromatic carbocycles. The largest absolute Gasteiger partial charge is 0.497 e. The number of rotatable bonds is 2. The summed E-state index contributed by atoms with van der Waals surface area (Å²) in [6.45, 7) is 3.92. The lowest BCUT2D eigenvalue weighted by Gasteiger charge is -2.29. The number of nitrogens with one attached hydrogen (secondary N) is 1. The molecule has 1 fully saturated rings. The zero-order valence-corrected chi connectivity index (χ0v) is 11.3. The molecule has 3 heteroatoms. The van der Waals surface area contributed by atoms with Gasteiger partial charge in [0.15, 0.2) is 0 Å². The van der Waals surface area contributed by atoms with E-state index in [4.69, 9.17) is 9.47 Å². The van der Waals surface area contributed by atoms with Crippen molar-refractivity contribution < 1.29 is 9.47 Å². The van der Waals surface area contributed by atoms with Gasteiger partial charge in [0, 0.05) is 13.1 Å². The standard InChI is InChI=1S/C16H19NO2/c1-11-9-17-10-16(19-11)14-4-3-13-8-15(18-2)6-5-12(13)7-14/h3-8,11,16-17H,9-10H2,1-2H3. The first-order chi connectivity index (χ1) is 9.26. The SMILES string of the molecule is COc1ccc2cc(C3CNCC(C)O3)ccc2c1. The Labute approximate surface area is 113 Å². The quantitative estimate of drug-likeness (QED) is 0.897. The van der Waals surface area contributed by atoms with E-state index in [9.17, 15) is 0 Å². The molecule has 2 atom stereocenters.